The molecule has 0 atom stereocenters. The Kier molecular flexibility index (Phi) is 3.31. The third-order valence-electron chi connectivity index (χ3n) is 2.47. The topological polar surface area (TPSA) is 146 Å². The Hall–Kier alpha value is -2.65. The predicted octanol–water partition coefficient (Wildman–Crippen LogP) is -0.299. The molecule has 0 fully saturated rings. The van der Waals surface area contributed by atoms with E-state index >= 15 is 0 Å². The van der Waals surface area contributed by atoms with Gasteiger partial charge in [-0.1, -0.05) is 17.3 Å². The van der Waals surface area contributed by atoms with Crippen molar-refractivity contribution in [3.8, 4) is 0 Å². The number of nitrogens with zero attached hydrogens (tertiary/aromatic N) is 4. The number of hydrogen-bond donors (Lipinski definition) is 3. The van der Waals surface area contributed by atoms with E-state index in [1.165, 1.54) is 16.8 Å². The summed E-state index contributed by atoms with van der Waals surface area (Å²) >= 11 is 0. The van der Waals surface area contributed by atoms with E-state index in [2.05, 4.69) is 10.3 Å². The van der Waals surface area contributed by atoms with Crippen molar-refractivity contribution in [1.82, 2.24) is 15.0 Å². The van der Waals surface area contributed by atoms with E-state index in [-0.39, 0.29) is 29.0 Å². The van der Waals surface area contributed by atoms with Crippen molar-refractivity contribution in [1.29, 1.82) is 0 Å². The SMILES string of the molecule is NC(=O)c1nnn(Cc2cccc(N([O-])O)c2)c1N. The van der Waals surface area contributed by atoms with E-state index in [1.807, 2.05) is 0 Å². The molecule has 5 N–H and O–H groups in total. The van der Waals surface area contributed by atoms with Gasteiger partial charge < -0.3 is 21.9 Å². The molecule has 1 aromatic carbocycles. The third-order valence-corrected chi connectivity index (χ3v) is 2.47. The zero-order chi connectivity index (χ0) is 14.0. The lowest BCUT2D eigenvalue weighted by molar-refractivity contribution is 0.0996. The van der Waals surface area contributed by atoms with Crippen LogP contribution in [0.5, 0.6) is 0 Å². The first kappa shape index (κ1) is 12.8. The Balaban J connectivity index is 2.26. The maximum atomic E-state index is 11.0. The highest BCUT2D eigenvalue weighted by molar-refractivity contribution is 5.94. The van der Waals surface area contributed by atoms with Gasteiger partial charge in [-0.25, -0.2) is 4.68 Å². The number of aromatic nitrogens is 3. The van der Waals surface area contributed by atoms with Gasteiger partial charge in [0.2, 0.25) is 0 Å². The van der Waals surface area contributed by atoms with Gasteiger partial charge in [0, 0.05) is 0 Å². The summed E-state index contributed by atoms with van der Waals surface area (Å²) in [6, 6.07) is 6.19. The number of rotatable bonds is 4. The first-order valence-corrected chi connectivity index (χ1v) is 5.23. The minimum absolute atomic E-state index is 0.0425. The summed E-state index contributed by atoms with van der Waals surface area (Å²) in [6.07, 6.45) is 0. The number of carbonyl (C=O) groups is 1. The molecule has 1 amide bonds. The molecule has 0 bridgehead atoms. The van der Waals surface area contributed by atoms with Gasteiger partial charge in [-0.05, 0) is 17.7 Å². The highest BCUT2D eigenvalue weighted by atomic mass is 16.8. The second-order valence-corrected chi connectivity index (χ2v) is 3.79. The van der Waals surface area contributed by atoms with E-state index in [1.54, 1.807) is 12.1 Å². The lowest BCUT2D eigenvalue weighted by Gasteiger charge is -2.21. The Morgan fingerprint density at radius 3 is 2.84 bits per heavy atom. The molecule has 100 valence electrons. The average molecular weight is 263 g/mol. The van der Waals surface area contributed by atoms with Gasteiger partial charge in [0.15, 0.2) is 11.5 Å². The fraction of sp³-hybridized carbons (Fsp3) is 0.100. The molecule has 0 saturated carbocycles. The van der Waals surface area contributed by atoms with Crippen molar-refractivity contribution in [3.05, 3.63) is 40.7 Å². The molecule has 0 aliphatic carbocycles. The van der Waals surface area contributed by atoms with Crippen molar-refractivity contribution >= 4 is 17.4 Å². The molecule has 2 rings (SSSR count). The van der Waals surface area contributed by atoms with Crippen LogP contribution in [-0.2, 0) is 6.54 Å². The molecule has 9 nitrogen and oxygen atoms in total. The molecule has 1 aromatic heterocycles. The van der Waals surface area contributed by atoms with Crippen LogP contribution in [0.25, 0.3) is 0 Å². The van der Waals surface area contributed by atoms with Gasteiger partial charge in [0.25, 0.3) is 5.91 Å². The Morgan fingerprint density at radius 1 is 1.53 bits per heavy atom. The number of amides is 1. The number of primary amides is 1. The number of nitrogens with two attached hydrogens (primary N) is 2. The molecule has 0 radical (unpaired) electrons. The van der Waals surface area contributed by atoms with Crippen LogP contribution in [0.2, 0.25) is 0 Å². The number of carbonyl (C=O) groups excluding carboxylic acids is 1. The van der Waals surface area contributed by atoms with Crippen LogP contribution in [0.3, 0.4) is 0 Å². The Morgan fingerprint density at radius 2 is 2.26 bits per heavy atom. The number of hydrogen-bond acceptors (Lipinski definition) is 7. The smallest absolute Gasteiger partial charge is 0.273 e. The van der Waals surface area contributed by atoms with Crippen LogP contribution in [-0.4, -0.2) is 26.1 Å². The van der Waals surface area contributed by atoms with Gasteiger partial charge >= 0.3 is 0 Å². The number of benzene rings is 1. The molecule has 9 heteroatoms. The van der Waals surface area contributed by atoms with Crippen LogP contribution in [0, 0.1) is 5.21 Å². The molecule has 0 aliphatic rings. The van der Waals surface area contributed by atoms with Crippen molar-refractivity contribution in [2.24, 2.45) is 5.73 Å². The lowest BCUT2D eigenvalue weighted by atomic mass is 10.2. The summed E-state index contributed by atoms with van der Waals surface area (Å²) in [7, 11) is 0. The normalized spacial score (nSPS) is 10.4. The maximum Gasteiger partial charge on any atom is 0.273 e. The van der Waals surface area contributed by atoms with Crippen LogP contribution >= 0.6 is 0 Å². The summed E-state index contributed by atoms with van der Waals surface area (Å²) in [5, 5.41) is 26.6. The Bertz CT molecular complexity index is 609. The second-order valence-electron chi connectivity index (χ2n) is 3.79. The van der Waals surface area contributed by atoms with E-state index in [0.717, 1.165) is 0 Å². The van der Waals surface area contributed by atoms with Gasteiger partial charge in [-0.15, -0.1) is 5.10 Å². The fourth-order valence-corrected chi connectivity index (χ4v) is 1.56. The van der Waals surface area contributed by atoms with Crippen LogP contribution in [0.1, 0.15) is 16.1 Å². The van der Waals surface area contributed by atoms with Crippen molar-refractivity contribution in [2.75, 3.05) is 11.0 Å². The third kappa shape index (κ3) is 2.61. The van der Waals surface area contributed by atoms with Gasteiger partial charge in [0.1, 0.15) is 0 Å². The van der Waals surface area contributed by atoms with Crippen LogP contribution in [0.15, 0.2) is 24.3 Å². The largest absolute Gasteiger partial charge is 0.733 e. The molecule has 0 aliphatic heterocycles. The van der Waals surface area contributed by atoms with E-state index in [9.17, 15) is 10.0 Å². The summed E-state index contributed by atoms with van der Waals surface area (Å²) in [4.78, 5) is 11.0. The maximum absolute atomic E-state index is 11.0. The monoisotopic (exact) mass is 263 g/mol. The summed E-state index contributed by atoms with van der Waals surface area (Å²) in [5.74, 6) is -0.723. The zero-order valence-corrected chi connectivity index (χ0v) is 9.72. The van der Waals surface area contributed by atoms with Crippen molar-refractivity contribution in [3.63, 3.8) is 0 Å². The second kappa shape index (κ2) is 4.92. The van der Waals surface area contributed by atoms with Crippen LogP contribution in [0.4, 0.5) is 11.5 Å². The summed E-state index contributed by atoms with van der Waals surface area (Å²) in [5.41, 5.74) is 11.4. The minimum Gasteiger partial charge on any atom is -0.733 e. The molecule has 0 unspecified atom stereocenters. The van der Waals surface area contributed by atoms with Crippen LogP contribution < -0.4 is 16.7 Å². The van der Waals surface area contributed by atoms with Crippen molar-refractivity contribution < 1.29 is 10.0 Å². The van der Waals surface area contributed by atoms with Gasteiger partial charge in [-0.3, -0.25) is 10.0 Å². The quantitative estimate of drug-likeness (QED) is 0.641. The summed E-state index contributed by atoms with van der Waals surface area (Å²) < 4.78 is 1.27. The first-order valence-electron chi connectivity index (χ1n) is 5.23. The number of nitrogen functional groups attached to an aromatic ring is 1. The minimum atomic E-state index is -0.765. The van der Waals surface area contributed by atoms with Crippen molar-refractivity contribution in [2.45, 2.75) is 6.54 Å². The van der Waals surface area contributed by atoms with E-state index in [0.29, 0.717) is 5.56 Å². The predicted molar refractivity (Wildman–Crippen MR) is 66.1 cm³/mol. The highest BCUT2D eigenvalue weighted by Crippen LogP contribution is 2.16. The lowest BCUT2D eigenvalue weighted by Crippen LogP contribution is -2.15. The summed E-state index contributed by atoms with van der Waals surface area (Å²) in [6.45, 7) is 0.188. The molecule has 1 heterocycles. The van der Waals surface area contributed by atoms with Gasteiger partial charge in [-0.2, -0.15) is 0 Å². The average Bonchev–Trinajstić information content (AvgIpc) is 2.71. The van der Waals surface area contributed by atoms with E-state index < -0.39 is 5.91 Å². The molecule has 2 aromatic rings. The molecular formula is C10H11N6O3-. The van der Waals surface area contributed by atoms with Gasteiger partial charge in [0.05, 0.1) is 12.2 Å². The fourth-order valence-electron chi connectivity index (χ4n) is 1.56. The zero-order valence-electron chi connectivity index (χ0n) is 9.72. The molecule has 0 saturated heterocycles. The highest BCUT2D eigenvalue weighted by Gasteiger charge is 2.14. The molecular weight excluding hydrogens is 252 g/mol. The molecule has 0 spiro atoms. The van der Waals surface area contributed by atoms with E-state index in [4.69, 9.17) is 16.7 Å². The first-order chi connectivity index (χ1) is 8.99. The Labute approximate surface area is 107 Å². The number of anilines is 2. The molecule has 19 heavy (non-hydrogen) atoms. The standard InChI is InChI=1S/C10H11N6O3/c11-9-8(10(12)17)13-14-15(9)5-6-2-1-3-7(4-6)16(18)19/h1-4,18H,5,11H2,(H2,12,17)/q-1.